The lowest BCUT2D eigenvalue weighted by Crippen LogP contribution is -2.76. The van der Waals surface area contributed by atoms with Crippen LogP contribution in [-0.4, -0.2) is 104 Å². The molecule has 1 saturated heterocycles. The zero-order valence-corrected chi connectivity index (χ0v) is 36.7. The van der Waals surface area contributed by atoms with E-state index in [0.717, 1.165) is 69.8 Å². The molecule has 0 amide bonds. The SMILES string of the molecule is CCCCC[C@@H]1C[C@]2(C(=O)O)[C@H](O)C[C@](C)(CO)C[C@H]2C2=CC[C@@]34CCC[C@]21[C@]3(C)CCC1[C@](C)(CO)[C@H](O[C@H]2OC[C@@H](O)[C@H](O)[C@H]2O)[C@H](OCc2ccccc2)C[C@@]14C. The van der Waals surface area contributed by atoms with Crippen molar-refractivity contribution in [2.75, 3.05) is 19.8 Å². The Kier molecular flexibility index (Phi) is 11.9. The van der Waals surface area contributed by atoms with E-state index in [1.165, 1.54) is 5.57 Å². The predicted molar refractivity (Wildman–Crippen MR) is 224 cm³/mol. The first-order chi connectivity index (χ1) is 28.5. The van der Waals surface area contributed by atoms with Crippen molar-refractivity contribution < 1.29 is 54.8 Å². The Morgan fingerprint density at radius 2 is 1.65 bits per heavy atom. The zero-order chi connectivity index (χ0) is 43.1. The molecule has 7 N–H and O–H groups in total. The zero-order valence-electron chi connectivity index (χ0n) is 36.7. The molecule has 8 rings (SSSR count). The number of benzene rings is 1. The van der Waals surface area contributed by atoms with E-state index < -0.39 is 65.1 Å². The number of carboxylic acids is 1. The number of unbranched alkanes of at least 4 members (excludes halogenated alkanes) is 2. The Morgan fingerprint density at radius 3 is 2.33 bits per heavy atom. The van der Waals surface area contributed by atoms with E-state index in [0.29, 0.717) is 25.9 Å². The fourth-order valence-corrected chi connectivity index (χ4v) is 16.3. The van der Waals surface area contributed by atoms with Crippen molar-refractivity contribution in [3.05, 3.63) is 47.5 Å². The van der Waals surface area contributed by atoms with E-state index >= 15 is 0 Å². The second kappa shape index (κ2) is 15.9. The number of hydrogen-bond donors (Lipinski definition) is 7. The molecular weight excluding hydrogens is 765 g/mol. The molecular formula is C49H74O11. The molecule has 11 nitrogen and oxygen atoms in total. The first-order valence-corrected chi connectivity index (χ1v) is 23.3. The van der Waals surface area contributed by atoms with Gasteiger partial charge in [0.1, 0.15) is 23.7 Å². The van der Waals surface area contributed by atoms with Gasteiger partial charge in [-0.15, -0.1) is 0 Å². The Bertz CT molecular complexity index is 1760. The van der Waals surface area contributed by atoms with Gasteiger partial charge >= 0.3 is 5.97 Å². The van der Waals surface area contributed by atoms with Crippen molar-refractivity contribution in [2.45, 2.75) is 174 Å². The highest BCUT2D eigenvalue weighted by atomic mass is 16.7. The lowest BCUT2D eigenvalue weighted by atomic mass is 9.24. The molecule has 6 aliphatic carbocycles. The number of hydrogen-bond acceptors (Lipinski definition) is 10. The minimum atomic E-state index is -1.49. The van der Waals surface area contributed by atoms with E-state index in [2.05, 4.69) is 33.8 Å². The number of aliphatic carboxylic acids is 1. The van der Waals surface area contributed by atoms with Crippen LogP contribution in [-0.2, 0) is 25.6 Å². The lowest BCUT2D eigenvalue weighted by Gasteiger charge is -2.80. The van der Waals surface area contributed by atoms with Gasteiger partial charge in [-0.3, -0.25) is 4.79 Å². The monoisotopic (exact) mass is 839 g/mol. The fourth-order valence-electron chi connectivity index (χ4n) is 16.3. The van der Waals surface area contributed by atoms with Gasteiger partial charge in [-0.05, 0) is 109 Å². The molecule has 0 radical (unpaired) electrons. The molecule has 1 aromatic rings. The van der Waals surface area contributed by atoms with Crippen molar-refractivity contribution in [1.29, 1.82) is 0 Å². The standard InChI is InChI=1S/C49H74O11/c1-6-7-9-15-31-22-48(42(56)57)33(23-43(2,28-50)25-37(48)53)32-16-21-47-18-12-19-49(31,32)46(47,5)20-17-36-44(3,29-51)40(60-41-39(55)38(54)34(52)27-59-41)35(24-45(36,47)4)58-26-30-13-10-8-11-14-30/h8,10-11,13-14,16,31,33-41,50-55H,6-7,9,12,15,17-29H2,1-5H3,(H,56,57)/t31-,33+,34-,35-,36?,37-,38+,39-,40-,41-,43-,44+,45+,46-,47-,48-,49-/m1/s1. The van der Waals surface area contributed by atoms with Crippen LogP contribution in [0.1, 0.15) is 130 Å². The lowest BCUT2D eigenvalue weighted by molar-refractivity contribution is -0.349. The summed E-state index contributed by atoms with van der Waals surface area (Å²) in [5, 5.41) is 78.1. The number of carbonyl (C=O) groups is 1. The van der Waals surface area contributed by atoms with E-state index in [9.17, 15) is 40.5 Å². The quantitative estimate of drug-likeness (QED) is 0.0728. The summed E-state index contributed by atoms with van der Waals surface area (Å²) in [5.74, 6) is -1.27. The van der Waals surface area contributed by atoms with Crippen LogP contribution in [0.2, 0.25) is 0 Å². The predicted octanol–water partition coefficient (Wildman–Crippen LogP) is 6.15. The van der Waals surface area contributed by atoms with Gasteiger partial charge in [0.2, 0.25) is 0 Å². The first kappa shape index (κ1) is 44.7. The second-order valence-electron chi connectivity index (χ2n) is 21.8. The average molecular weight is 839 g/mol. The summed E-state index contributed by atoms with van der Waals surface area (Å²) >= 11 is 0. The van der Waals surface area contributed by atoms with Crippen LogP contribution in [0, 0.1) is 55.7 Å². The van der Waals surface area contributed by atoms with Crippen LogP contribution in [0.5, 0.6) is 0 Å². The van der Waals surface area contributed by atoms with Crippen molar-refractivity contribution in [2.24, 2.45) is 55.7 Å². The molecule has 1 spiro atoms. The van der Waals surface area contributed by atoms with Crippen LogP contribution in [0.15, 0.2) is 42.0 Å². The number of carboxylic acid groups (broad SMARTS) is 1. The van der Waals surface area contributed by atoms with Crippen LogP contribution >= 0.6 is 0 Å². The fraction of sp³-hybridized carbons (Fsp3) is 0.816. The highest BCUT2D eigenvalue weighted by molar-refractivity contribution is 5.78. The number of aliphatic hydroxyl groups excluding tert-OH is 6. The summed E-state index contributed by atoms with van der Waals surface area (Å²) in [6.45, 7) is 11.1. The van der Waals surface area contributed by atoms with Crippen molar-refractivity contribution in [1.82, 2.24) is 0 Å². The first-order valence-electron chi connectivity index (χ1n) is 23.3. The number of rotatable bonds is 12. The van der Waals surface area contributed by atoms with E-state index in [1.54, 1.807) is 0 Å². The Morgan fingerprint density at radius 1 is 0.900 bits per heavy atom. The molecule has 5 saturated carbocycles. The largest absolute Gasteiger partial charge is 0.481 e. The Labute approximate surface area is 356 Å². The van der Waals surface area contributed by atoms with Gasteiger partial charge in [-0.25, -0.2) is 0 Å². The van der Waals surface area contributed by atoms with Gasteiger partial charge in [-0.1, -0.05) is 102 Å². The topological polar surface area (TPSA) is 186 Å². The molecule has 1 aromatic carbocycles. The second-order valence-corrected chi connectivity index (χ2v) is 21.8. The molecule has 60 heavy (non-hydrogen) atoms. The number of aliphatic hydroxyl groups is 6. The van der Waals surface area contributed by atoms with Crippen molar-refractivity contribution >= 4 is 5.97 Å². The molecule has 336 valence electrons. The third-order valence-corrected chi connectivity index (χ3v) is 19.2. The molecule has 1 heterocycles. The summed E-state index contributed by atoms with van der Waals surface area (Å²) in [4.78, 5) is 13.8. The number of allylic oxidation sites excluding steroid dienone is 2. The van der Waals surface area contributed by atoms with Gasteiger partial charge in [0.05, 0.1) is 38.1 Å². The maximum Gasteiger partial charge on any atom is 0.312 e. The minimum absolute atomic E-state index is 0.0274. The Hall–Kier alpha value is -1.93. The third kappa shape index (κ3) is 6.17. The van der Waals surface area contributed by atoms with Crippen molar-refractivity contribution in [3.63, 3.8) is 0 Å². The van der Waals surface area contributed by atoms with Crippen LogP contribution in [0.25, 0.3) is 0 Å². The Balaban J connectivity index is 1.26. The summed E-state index contributed by atoms with van der Waals surface area (Å²) in [5.41, 5.74) is -1.70. The molecule has 11 heteroatoms. The number of ether oxygens (including phenoxy) is 3. The highest BCUT2D eigenvalue weighted by Crippen LogP contribution is 2.85. The molecule has 2 bridgehead atoms. The van der Waals surface area contributed by atoms with E-state index in [-0.39, 0.29) is 65.7 Å². The molecule has 7 aliphatic rings. The van der Waals surface area contributed by atoms with Gasteiger partial charge in [0, 0.05) is 17.4 Å². The maximum absolute atomic E-state index is 13.8. The van der Waals surface area contributed by atoms with Crippen LogP contribution in [0.3, 0.4) is 0 Å². The van der Waals surface area contributed by atoms with Gasteiger partial charge in [0.25, 0.3) is 0 Å². The summed E-state index contributed by atoms with van der Waals surface area (Å²) in [6.07, 6.45) is 5.97. The molecule has 1 aliphatic heterocycles. The molecule has 6 fully saturated rings. The third-order valence-electron chi connectivity index (χ3n) is 19.2. The normalized spacial score (nSPS) is 49.8. The van der Waals surface area contributed by atoms with Gasteiger partial charge in [-0.2, -0.15) is 0 Å². The maximum atomic E-state index is 13.8. The van der Waals surface area contributed by atoms with Gasteiger partial charge < -0.3 is 50.0 Å². The van der Waals surface area contributed by atoms with Crippen LogP contribution in [0.4, 0.5) is 0 Å². The highest BCUT2D eigenvalue weighted by Gasteiger charge is 2.80. The van der Waals surface area contributed by atoms with Crippen LogP contribution < -0.4 is 0 Å². The minimum Gasteiger partial charge on any atom is -0.481 e. The van der Waals surface area contributed by atoms with Crippen molar-refractivity contribution in [3.8, 4) is 0 Å². The van der Waals surface area contributed by atoms with E-state index in [1.807, 2.05) is 37.3 Å². The average Bonchev–Trinajstić information content (AvgIpc) is 3.21. The smallest absolute Gasteiger partial charge is 0.312 e. The summed E-state index contributed by atoms with van der Waals surface area (Å²) in [6, 6.07) is 9.98. The van der Waals surface area contributed by atoms with E-state index in [4.69, 9.17) is 14.2 Å². The molecule has 17 atom stereocenters. The molecule has 0 aromatic heterocycles. The molecule has 1 unspecified atom stereocenters. The van der Waals surface area contributed by atoms with Gasteiger partial charge in [0.15, 0.2) is 6.29 Å². The summed E-state index contributed by atoms with van der Waals surface area (Å²) in [7, 11) is 0. The number of fused-ring (bicyclic) bond motifs is 3. The summed E-state index contributed by atoms with van der Waals surface area (Å²) < 4.78 is 19.6.